The molecular formula is C50H30O2. The van der Waals surface area contributed by atoms with Gasteiger partial charge in [0.1, 0.15) is 16.7 Å². The summed E-state index contributed by atoms with van der Waals surface area (Å²) in [6, 6.07) is 63.1. The first-order valence-electron chi connectivity index (χ1n) is 17.7. The van der Waals surface area contributed by atoms with Crippen LogP contribution in [0.1, 0.15) is 0 Å². The fraction of sp³-hybridized carbons (Fsp3) is 0. The first-order valence-corrected chi connectivity index (χ1v) is 17.7. The lowest BCUT2D eigenvalue weighted by Crippen LogP contribution is -1.91. The molecule has 2 aromatic heterocycles. The fourth-order valence-corrected chi connectivity index (χ4v) is 8.27. The second kappa shape index (κ2) is 11.3. The minimum absolute atomic E-state index is 0.853. The molecule has 11 rings (SSSR count). The summed E-state index contributed by atoms with van der Waals surface area (Å²) in [5.41, 5.74) is 12.0. The van der Waals surface area contributed by atoms with Crippen molar-refractivity contribution in [3.8, 4) is 44.5 Å². The van der Waals surface area contributed by atoms with Crippen LogP contribution in [0.2, 0.25) is 0 Å². The number of hydrogen-bond donors (Lipinski definition) is 0. The van der Waals surface area contributed by atoms with E-state index in [9.17, 15) is 0 Å². The van der Waals surface area contributed by atoms with Crippen molar-refractivity contribution in [1.29, 1.82) is 0 Å². The fourth-order valence-electron chi connectivity index (χ4n) is 8.27. The summed E-state index contributed by atoms with van der Waals surface area (Å²) in [4.78, 5) is 0. The average Bonchev–Trinajstić information content (AvgIpc) is 3.79. The predicted molar refractivity (Wildman–Crippen MR) is 218 cm³/mol. The highest BCUT2D eigenvalue weighted by atomic mass is 16.3. The molecule has 9 aromatic carbocycles. The van der Waals surface area contributed by atoms with Gasteiger partial charge in [0.05, 0.1) is 6.26 Å². The van der Waals surface area contributed by atoms with Crippen LogP contribution in [0.15, 0.2) is 191 Å². The highest BCUT2D eigenvalue weighted by Crippen LogP contribution is 2.46. The van der Waals surface area contributed by atoms with Gasteiger partial charge in [0.25, 0.3) is 0 Å². The maximum atomic E-state index is 6.68. The van der Waals surface area contributed by atoms with Gasteiger partial charge in [0.2, 0.25) is 0 Å². The molecule has 2 heteroatoms. The first-order chi connectivity index (χ1) is 25.8. The van der Waals surface area contributed by atoms with Gasteiger partial charge in [-0.15, -0.1) is 0 Å². The number of hydrogen-bond acceptors (Lipinski definition) is 2. The standard InChI is InChI=1S/C50H30O2/c1-2-11-31(12-3-1)34-15-10-16-36(26-34)49-39-17-6-8-19-41(39)50(42-20-9-7-18-40(42)49)37-23-24-38-43-28-46-44(29-48(43)52-47(38)27-37)45(30-51-46)35-22-21-32-13-4-5-14-33(32)25-35/h1-30H. The second-order valence-electron chi connectivity index (χ2n) is 13.7. The zero-order valence-corrected chi connectivity index (χ0v) is 28.1. The highest BCUT2D eigenvalue weighted by Gasteiger charge is 2.19. The van der Waals surface area contributed by atoms with Gasteiger partial charge in [0.15, 0.2) is 0 Å². The molecule has 0 amide bonds. The Morgan fingerprint density at radius 1 is 0.288 bits per heavy atom. The number of benzene rings is 9. The lowest BCUT2D eigenvalue weighted by molar-refractivity contribution is 0.617. The summed E-state index contributed by atoms with van der Waals surface area (Å²) in [6.45, 7) is 0. The number of fused-ring (bicyclic) bond motifs is 7. The Kier molecular flexibility index (Phi) is 6.28. The van der Waals surface area contributed by atoms with Gasteiger partial charge in [-0.25, -0.2) is 0 Å². The Bertz CT molecular complexity index is 3120. The molecular weight excluding hydrogens is 633 g/mol. The van der Waals surface area contributed by atoms with Gasteiger partial charge in [-0.2, -0.15) is 0 Å². The maximum Gasteiger partial charge on any atom is 0.136 e. The van der Waals surface area contributed by atoms with Gasteiger partial charge in [-0.3, -0.25) is 0 Å². The molecule has 0 aliphatic rings. The Hall–Kier alpha value is -6.90. The van der Waals surface area contributed by atoms with E-state index in [0.717, 1.165) is 49.6 Å². The summed E-state index contributed by atoms with van der Waals surface area (Å²) in [7, 11) is 0. The molecule has 242 valence electrons. The van der Waals surface area contributed by atoms with E-state index in [2.05, 4.69) is 176 Å². The SMILES string of the molecule is c1ccc(-c2cccc(-c3c4ccccc4c(-c4ccc5c(c4)oc4cc6c(-c7ccc8ccccc8c7)coc6cc45)c4ccccc34)c2)cc1. The summed E-state index contributed by atoms with van der Waals surface area (Å²) in [5.74, 6) is 0. The van der Waals surface area contributed by atoms with Crippen LogP contribution in [0.5, 0.6) is 0 Å². The van der Waals surface area contributed by atoms with Crippen molar-refractivity contribution in [3.05, 3.63) is 182 Å². The molecule has 2 nitrogen and oxygen atoms in total. The van der Waals surface area contributed by atoms with Gasteiger partial charge in [-0.05, 0) is 108 Å². The van der Waals surface area contributed by atoms with Crippen molar-refractivity contribution in [3.63, 3.8) is 0 Å². The van der Waals surface area contributed by atoms with Crippen LogP contribution < -0.4 is 0 Å². The third-order valence-electron chi connectivity index (χ3n) is 10.7. The van der Waals surface area contributed by atoms with Crippen molar-refractivity contribution in [2.75, 3.05) is 0 Å². The smallest absolute Gasteiger partial charge is 0.136 e. The van der Waals surface area contributed by atoms with Gasteiger partial charge in [0, 0.05) is 21.7 Å². The number of furan rings is 2. The minimum atomic E-state index is 0.853. The molecule has 0 fully saturated rings. The molecule has 0 N–H and O–H groups in total. The zero-order chi connectivity index (χ0) is 34.2. The number of rotatable bonds is 4. The molecule has 0 spiro atoms. The summed E-state index contributed by atoms with van der Waals surface area (Å²) in [5, 5.41) is 10.5. The molecule has 0 atom stereocenters. The molecule has 0 saturated heterocycles. The third kappa shape index (κ3) is 4.44. The second-order valence-corrected chi connectivity index (χ2v) is 13.7. The molecule has 0 aliphatic carbocycles. The Balaban J connectivity index is 1.09. The molecule has 11 aromatic rings. The van der Waals surface area contributed by atoms with Crippen LogP contribution in [0.4, 0.5) is 0 Å². The average molecular weight is 663 g/mol. The van der Waals surface area contributed by atoms with E-state index in [-0.39, 0.29) is 0 Å². The van der Waals surface area contributed by atoms with Crippen molar-refractivity contribution < 1.29 is 8.83 Å². The van der Waals surface area contributed by atoms with E-state index in [4.69, 9.17) is 8.83 Å². The van der Waals surface area contributed by atoms with E-state index in [1.807, 2.05) is 6.26 Å². The quantitative estimate of drug-likeness (QED) is 0.175. The molecule has 0 unspecified atom stereocenters. The largest absolute Gasteiger partial charge is 0.464 e. The lowest BCUT2D eigenvalue weighted by Gasteiger charge is -2.18. The van der Waals surface area contributed by atoms with Crippen LogP contribution in [0.25, 0.3) is 110 Å². The van der Waals surface area contributed by atoms with E-state index in [1.54, 1.807) is 0 Å². The van der Waals surface area contributed by atoms with Crippen LogP contribution in [-0.2, 0) is 0 Å². The van der Waals surface area contributed by atoms with Crippen LogP contribution in [0.3, 0.4) is 0 Å². The highest BCUT2D eigenvalue weighted by molar-refractivity contribution is 6.22. The monoisotopic (exact) mass is 662 g/mol. The predicted octanol–water partition coefficient (Wildman–Crippen LogP) is 14.5. The normalized spacial score (nSPS) is 11.8. The summed E-state index contributed by atoms with van der Waals surface area (Å²) in [6.07, 6.45) is 1.87. The first kappa shape index (κ1) is 28.9. The summed E-state index contributed by atoms with van der Waals surface area (Å²) >= 11 is 0. The van der Waals surface area contributed by atoms with Crippen molar-refractivity contribution in [2.45, 2.75) is 0 Å². The molecule has 2 heterocycles. The van der Waals surface area contributed by atoms with E-state index < -0.39 is 0 Å². The van der Waals surface area contributed by atoms with Crippen molar-refractivity contribution in [1.82, 2.24) is 0 Å². The lowest BCUT2D eigenvalue weighted by atomic mass is 9.85. The van der Waals surface area contributed by atoms with Gasteiger partial charge < -0.3 is 8.83 Å². The Morgan fingerprint density at radius 3 is 1.62 bits per heavy atom. The van der Waals surface area contributed by atoms with Gasteiger partial charge in [-0.1, -0.05) is 140 Å². The van der Waals surface area contributed by atoms with E-state index >= 15 is 0 Å². The molecule has 52 heavy (non-hydrogen) atoms. The molecule has 0 saturated carbocycles. The molecule has 0 bridgehead atoms. The van der Waals surface area contributed by atoms with Crippen LogP contribution in [0, 0.1) is 0 Å². The van der Waals surface area contributed by atoms with Gasteiger partial charge >= 0.3 is 0 Å². The third-order valence-corrected chi connectivity index (χ3v) is 10.7. The van der Waals surface area contributed by atoms with Crippen molar-refractivity contribution >= 4 is 65.2 Å². The minimum Gasteiger partial charge on any atom is -0.464 e. The molecule has 0 radical (unpaired) electrons. The topological polar surface area (TPSA) is 26.3 Å². The Morgan fingerprint density at radius 2 is 0.865 bits per heavy atom. The van der Waals surface area contributed by atoms with Crippen LogP contribution in [-0.4, -0.2) is 0 Å². The summed E-state index contributed by atoms with van der Waals surface area (Å²) < 4.78 is 12.9. The Labute approximate surface area is 299 Å². The van der Waals surface area contributed by atoms with E-state index in [1.165, 1.54) is 60.1 Å². The van der Waals surface area contributed by atoms with E-state index in [0.29, 0.717) is 0 Å². The molecule has 0 aliphatic heterocycles. The van der Waals surface area contributed by atoms with Crippen molar-refractivity contribution in [2.24, 2.45) is 0 Å². The maximum absolute atomic E-state index is 6.68. The van der Waals surface area contributed by atoms with Crippen LogP contribution >= 0.6 is 0 Å². The zero-order valence-electron chi connectivity index (χ0n) is 28.1.